The number of barbiturate groups is 1. The zero-order valence-corrected chi connectivity index (χ0v) is 11.7. The van der Waals surface area contributed by atoms with E-state index in [9.17, 15) is 14.4 Å². The van der Waals surface area contributed by atoms with Crippen LogP contribution in [-0.2, 0) is 9.59 Å². The van der Waals surface area contributed by atoms with Crippen molar-refractivity contribution in [1.29, 1.82) is 0 Å². The largest absolute Gasteiger partial charge is 1.00 e. The SMILES string of the molecule is CC1CCC(C)C12C(=O)[N-]C(=O)NC2=O.[Na+]. The van der Waals surface area contributed by atoms with Crippen LogP contribution < -0.4 is 34.9 Å². The second kappa shape index (κ2) is 4.47. The topological polar surface area (TPSA) is 77.3 Å². The van der Waals surface area contributed by atoms with Gasteiger partial charge in [-0.1, -0.05) is 13.8 Å². The van der Waals surface area contributed by atoms with E-state index in [4.69, 9.17) is 0 Å². The van der Waals surface area contributed by atoms with Gasteiger partial charge in [-0.15, -0.1) is 0 Å². The first kappa shape index (κ1) is 13.7. The summed E-state index contributed by atoms with van der Waals surface area (Å²) >= 11 is 0. The van der Waals surface area contributed by atoms with Crippen molar-refractivity contribution < 1.29 is 43.9 Å². The van der Waals surface area contributed by atoms with Crippen molar-refractivity contribution in [3.8, 4) is 0 Å². The maximum atomic E-state index is 11.8. The van der Waals surface area contributed by atoms with Crippen LogP contribution in [0.3, 0.4) is 0 Å². The molecule has 1 saturated carbocycles. The van der Waals surface area contributed by atoms with Gasteiger partial charge in [0.15, 0.2) is 17.8 Å². The van der Waals surface area contributed by atoms with Gasteiger partial charge in [-0.2, -0.15) is 0 Å². The summed E-state index contributed by atoms with van der Waals surface area (Å²) in [5.41, 5.74) is -1.09. The molecule has 0 aromatic rings. The molecule has 2 unspecified atom stereocenters. The van der Waals surface area contributed by atoms with Crippen LogP contribution in [0.15, 0.2) is 0 Å². The van der Waals surface area contributed by atoms with Gasteiger partial charge < -0.3 is 10.6 Å². The summed E-state index contributed by atoms with van der Waals surface area (Å²) in [5.74, 6) is -1.12. The summed E-state index contributed by atoms with van der Waals surface area (Å²) in [5, 5.41) is 5.50. The van der Waals surface area contributed by atoms with E-state index in [-0.39, 0.29) is 41.4 Å². The average Bonchev–Trinajstić information content (AvgIpc) is 2.41. The van der Waals surface area contributed by atoms with E-state index in [0.717, 1.165) is 12.8 Å². The minimum atomic E-state index is -1.09. The zero-order valence-electron chi connectivity index (χ0n) is 9.74. The van der Waals surface area contributed by atoms with Gasteiger partial charge in [-0.25, -0.2) is 0 Å². The molecule has 1 spiro atoms. The van der Waals surface area contributed by atoms with Crippen molar-refractivity contribution in [2.45, 2.75) is 26.7 Å². The van der Waals surface area contributed by atoms with E-state index in [1.807, 2.05) is 13.8 Å². The van der Waals surface area contributed by atoms with Gasteiger partial charge in [0.25, 0.3) is 0 Å². The number of hydrogen-bond donors (Lipinski definition) is 1. The number of hydrogen-bond acceptors (Lipinski definition) is 3. The van der Waals surface area contributed by atoms with Crippen molar-refractivity contribution in [3.63, 3.8) is 0 Å². The first-order valence-corrected chi connectivity index (χ1v) is 5.11. The summed E-state index contributed by atoms with van der Waals surface area (Å²) in [6.07, 6.45) is 1.65. The van der Waals surface area contributed by atoms with Gasteiger partial charge in [0.05, 0.1) is 5.41 Å². The van der Waals surface area contributed by atoms with Crippen LogP contribution in [0.5, 0.6) is 0 Å². The van der Waals surface area contributed by atoms with Crippen LogP contribution in [0.2, 0.25) is 0 Å². The van der Waals surface area contributed by atoms with E-state index in [2.05, 4.69) is 10.6 Å². The van der Waals surface area contributed by atoms with E-state index >= 15 is 0 Å². The Bertz CT molecular complexity index is 324. The molecule has 0 radical (unpaired) electrons. The molecule has 82 valence electrons. The predicted molar refractivity (Wildman–Crippen MR) is 51.9 cm³/mol. The molecule has 1 aliphatic carbocycles. The fourth-order valence-corrected chi connectivity index (χ4v) is 2.82. The third-order valence-electron chi connectivity index (χ3n) is 3.74. The molecule has 1 N–H and O–H groups in total. The molecule has 5 nitrogen and oxygen atoms in total. The zero-order chi connectivity index (χ0) is 11.2. The summed E-state index contributed by atoms with van der Waals surface area (Å²) in [6, 6.07) is -0.832. The molecular weight excluding hydrogens is 219 g/mol. The number of amides is 4. The maximum Gasteiger partial charge on any atom is 1.00 e. The molecular formula is C10H13N2NaO3. The number of rotatable bonds is 0. The fourth-order valence-electron chi connectivity index (χ4n) is 2.82. The van der Waals surface area contributed by atoms with Gasteiger partial charge in [-0.3, -0.25) is 14.4 Å². The van der Waals surface area contributed by atoms with Crippen LogP contribution in [0, 0.1) is 17.3 Å². The Labute approximate surface area is 116 Å². The molecule has 1 aliphatic heterocycles. The number of carbonyl (C=O) groups excluding carboxylic acids is 3. The Balaban J connectivity index is 0.00000128. The van der Waals surface area contributed by atoms with E-state index in [1.54, 1.807) is 0 Å². The van der Waals surface area contributed by atoms with Gasteiger partial charge in [0.1, 0.15) is 0 Å². The minimum Gasteiger partial charge on any atom is -0.394 e. The number of nitrogens with one attached hydrogen (secondary N) is 1. The van der Waals surface area contributed by atoms with Gasteiger partial charge in [0, 0.05) is 0 Å². The Morgan fingerprint density at radius 2 is 1.69 bits per heavy atom. The molecule has 0 aromatic heterocycles. The van der Waals surface area contributed by atoms with Crippen LogP contribution >= 0.6 is 0 Å². The van der Waals surface area contributed by atoms with Crippen molar-refractivity contribution in [1.82, 2.24) is 5.32 Å². The summed E-state index contributed by atoms with van der Waals surface area (Å²) in [6.45, 7) is 3.73. The normalized spacial score (nSPS) is 38.0. The van der Waals surface area contributed by atoms with Crippen LogP contribution in [-0.4, -0.2) is 17.8 Å². The van der Waals surface area contributed by atoms with E-state index in [0.29, 0.717) is 0 Å². The fraction of sp³-hybridized carbons (Fsp3) is 0.700. The third-order valence-corrected chi connectivity index (χ3v) is 3.74. The monoisotopic (exact) mass is 232 g/mol. The standard InChI is InChI=1S/C10H14N2O3.Na/c1-5-3-4-6(2)10(5)7(13)11-9(15)12-8(10)14;/h5-6H,3-4H2,1-2H3,(H2,11,12,13,14,15);/q;+1/p-1. The first-order valence-electron chi connectivity index (χ1n) is 5.11. The number of imide groups is 2. The summed E-state index contributed by atoms with van der Waals surface area (Å²) < 4.78 is 0. The van der Waals surface area contributed by atoms with Crippen LogP contribution in [0.25, 0.3) is 5.32 Å². The van der Waals surface area contributed by atoms with Crippen molar-refractivity contribution in [2.75, 3.05) is 0 Å². The Morgan fingerprint density at radius 3 is 2.12 bits per heavy atom. The molecule has 1 saturated heterocycles. The van der Waals surface area contributed by atoms with Crippen molar-refractivity contribution in [2.24, 2.45) is 17.3 Å². The molecule has 6 heteroatoms. The maximum absolute atomic E-state index is 11.8. The molecule has 2 aliphatic rings. The Hall–Kier alpha value is -0.390. The second-order valence-electron chi connectivity index (χ2n) is 4.42. The van der Waals surface area contributed by atoms with E-state index in [1.165, 1.54) is 0 Å². The first-order chi connectivity index (χ1) is 6.99. The van der Waals surface area contributed by atoms with Gasteiger partial charge in [0.2, 0.25) is 0 Å². The average molecular weight is 232 g/mol. The Morgan fingerprint density at radius 1 is 1.19 bits per heavy atom. The van der Waals surface area contributed by atoms with Gasteiger partial charge >= 0.3 is 29.6 Å². The van der Waals surface area contributed by atoms with Crippen LogP contribution in [0.1, 0.15) is 26.7 Å². The molecule has 16 heavy (non-hydrogen) atoms. The molecule has 1 heterocycles. The predicted octanol–water partition coefficient (Wildman–Crippen LogP) is -1.81. The van der Waals surface area contributed by atoms with Crippen LogP contribution in [0.4, 0.5) is 4.79 Å². The number of urea groups is 1. The Kier molecular flexibility index (Phi) is 3.82. The minimum absolute atomic E-state index is 0. The molecule has 2 fully saturated rings. The van der Waals surface area contributed by atoms with E-state index < -0.39 is 23.3 Å². The number of carbonyl (C=O) groups is 3. The smallest absolute Gasteiger partial charge is 0.394 e. The third kappa shape index (κ3) is 1.61. The van der Waals surface area contributed by atoms with Crippen molar-refractivity contribution >= 4 is 17.8 Å². The quantitative estimate of drug-likeness (QED) is 0.395. The molecule has 2 rings (SSSR count). The molecule has 0 aromatic carbocycles. The number of nitrogens with zero attached hydrogens (tertiary/aromatic N) is 1. The summed E-state index contributed by atoms with van der Waals surface area (Å²) in [4.78, 5) is 34.6. The van der Waals surface area contributed by atoms with Crippen molar-refractivity contribution in [3.05, 3.63) is 5.32 Å². The summed E-state index contributed by atoms with van der Waals surface area (Å²) in [7, 11) is 0. The second-order valence-corrected chi connectivity index (χ2v) is 4.42. The molecule has 4 amide bonds. The molecule has 2 atom stereocenters. The van der Waals surface area contributed by atoms with Gasteiger partial charge in [-0.05, 0) is 24.7 Å². The molecule has 0 bridgehead atoms.